The molecule has 4 heterocycles. The van der Waals surface area contributed by atoms with E-state index in [-0.39, 0.29) is 36.3 Å². The molecule has 2 aromatic heterocycles. The molecule has 2 amide bonds. The molecule has 0 bridgehead atoms. The molecule has 27 heavy (non-hydrogen) atoms. The molecule has 0 unspecified atom stereocenters. The summed E-state index contributed by atoms with van der Waals surface area (Å²) >= 11 is 0. The van der Waals surface area contributed by atoms with Crippen molar-refractivity contribution in [2.45, 2.75) is 18.4 Å². The summed E-state index contributed by atoms with van der Waals surface area (Å²) in [6, 6.07) is 0. The average Bonchev–Trinajstić information content (AvgIpc) is 3.37. The van der Waals surface area contributed by atoms with Crippen LogP contribution in [0.5, 0.6) is 0 Å². The Morgan fingerprint density at radius 3 is 2.56 bits per heavy atom. The second-order valence-electron chi connectivity index (χ2n) is 6.00. The number of hydrogen-bond acceptors (Lipinski definition) is 8. The van der Waals surface area contributed by atoms with Crippen molar-refractivity contribution in [2.24, 2.45) is 0 Å². The van der Waals surface area contributed by atoms with Crippen molar-refractivity contribution in [3.05, 3.63) is 18.5 Å². The summed E-state index contributed by atoms with van der Waals surface area (Å²) in [4.78, 5) is 38.0. The zero-order valence-electron chi connectivity index (χ0n) is 14.2. The molecule has 2 aromatic rings. The first-order chi connectivity index (χ1) is 13.1. The second kappa shape index (κ2) is 7.90. The van der Waals surface area contributed by atoms with Crippen molar-refractivity contribution in [1.82, 2.24) is 40.2 Å². The van der Waals surface area contributed by atoms with Crippen LogP contribution in [0.3, 0.4) is 0 Å². The number of rotatable bonds is 2. The number of ether oxygens (including phenoxy) is 1. The number of carbonyl (C=O) groups excluding carboxylic acids is 2. The summed E-state index contributed by atoms with van der Waals surface area (Å²) < 4.78 is 7.21. The van der Waals surface area contributed by atoms with Crippen molar-refractivity contribution in [3.63, 3.8) is 0 Å². The van der Waals surface area contributed by atoms with E-state index in [4.69, 9.17) is 14.6 Å². The van der Waals surface area contributed by atoms with Crippen molar-refractivity contribution in [1.29, 1.82) is 0 Å². The quantitative estimate of drug-likeness (QED) is 0.511. The highest BCUT2D eigenvalue weighted by molar-refractivity contribution is 5.90. The minimum Gasteiger partial charge on any atom is -0.483 e. The van der Waals surface area contributed by atoms with Gasteiger partial charge in [-0.2, -0.15) is 4.98 Å². The standard InChI is InChI=1S/C13H16N8O3.CH2O2/c22-9-5-24-13(6-14-9)1-3-20(4-2-13)11(23)10-17-12(19-18-10)21-7-15-16-8-21;2-1-3/h7-8H,1-6H2,(H,14,22)(H,17,18,19);1H,(H,2,3). The fourth-order valence-corrected chi connectivity index (χ4v) is 2.94. The molecule has 0 radical (unpaired) electrons. The Kier molecular flexibility index (Phi) is 5.40. The zero-order chi connectivity index (χ0) is 19.3. The number of morpholine rings is 1. The van der Waals surface area contributed by atoms with Crippen molar-refractivity contribution < 1.29 is 24.2 Å². The molecule has 3 N–H and O–H groups in total. The first-order valence-electron chi connectivity index (χ1n) is 8.12. The number of H-pyrrole nitrogens is 1. The fourth-order valence-electron chi connectivity index (χ4n) is 2.94. The van der Waals surface area contributed by atoms with Crippen LogP contribution in [0, 0.1) is 0 Å². The summed E-state index contributed by atoms with van der Waals surface area (Å²) in [5.41, 5.74) is -0.361. The van der Waals surface area contributed by atoms with Crippen LogP contribution < -0.4 is 5.32 Å². The highest BCUT2D eigenvalue weighted by atomic mass is 16.5. The fraction of sp³-hybridized carbons (Fsp3) is 0.500. The molecule has 2 aliphatic heterocycles. The molecule has 144 valence electrons. The third-order valence-corrected chi connectivity index (χ3v) is 4.40. The first kappa shape index (κ1) is 18.4. The number of amides is 2. The van der Waals surface area contributed by atoms with E-state index in [9.17, 15) is 9.59 Å². The van der Waals surface area contributed by atoms with E-state index in [1.807, 2.05) is 0 Å². The SMILES string of the molecule is O=C1COC2(CCN(C(=O)c3nc(-n4cnnc4)n[nH]3)CC2)CN1.O=CO. The van der Waals surface area contributed by atoms with E-state index in [0.717, 1.165) is 0 Å². The number of nitrogens with one attached hydrogen (secondary N) is 2. The maximum atomic E-state index is 12.5. The summed E-state index contributed by atoms with van der Waals surface area (Å²) in [6.45, 7) is 1.40. The van der Waals surface area contributed by atoms with Gasteiger partial charge >= 0.3 is 0 Å². The molecular formula is C14H18N8O5. The lowest BCUT2D eigenvalue weighted by atomic mass is 9.90. The average molecular weight is 378 g/mol. The van der Waals surface area contributed by atoms with Gasteiger partial charge in [-0.15, -0.1) is 15.3 Å². The highest BCUT2D eigenvalue weighted by Gasteiger charge is 2.40. The van der Waals surface area contributed by atoms with Gasteiger partial charge in [0.1, 0.15) is 19.3 Å². The number of nitrogens with zero attached hydrogens (tertiary/aromatic N) is 6. The summed E-state index contributed by atoms with van der Waals surface area (Å²) in [5, 5.41) is 23.7. The number of hydrogen-bond donors (Lipinski definition) is 3. The molecule has 2 aliphatic rings. The molecule has 2 saturated heterocycles. The van der Waals surface area contributed by atoms with Crippen LogP contribution in [0.1, 0.15) is 23.5 Å². The van der Waals surface area contributed by atoms with E-state index < -0.39 is 0 Å². The first-order valence-corrected chi connectivity index (χ1v) is 8.12. The third-order valence-electron chi connectivity index (χ3n) is 4.40. The van der Waals surface area contributed by atoms with Crippen molar-refractivity contribution in [3.8, 4) is 5.95 Å². The maximum Gasteiger partial charge on any atom is 0.291 e. The number of likely N-dealkylation sites (tertiary alicyclic amines) is 1. The van der Waals surface area contributed by atoms with Gasteiger partial charge in [0.05, 0.1) is 5.60 Å². The van der Waals surface area contributed by atoms with Crippen molar-refractivity contribution >= 4 is 18.3 Å². The lowest BCUT2D eigenvalue weighted by Gasteiger charge is -2.43. The smallest absolute Gasteiger partial charge is 0.291 e. The Labute approximate surface area is 152 Å². The van der Waals surface area contributed by atoms with E-state index in [1.54, 1.807) is 4.90 Å². The zero-order valence-corrected chi connectivity index (χ0v) is 14.2. The lowest BCUT2D eigenvalue weighted by Crippen LogP contribution is -2.58. The van der Waals surface area contributed by atoms with Crippen LogP contribution in [0.15, 0.2) is 12.7 Å². The Balaban J connectivity index is 0.000000659. The summed E-state index contributed by atoms with van der Waals surface area (Å²) in [5.74, 6) is 0.182. The van der Waals surface area contributed by atoms with E-state index in [1.165, 1.54) is 17.2 Å². The number of piperidine rings is 1. The monoisotopic (exact) mass is 378 g/mol. The van der Waals surface area contributed by atoms with Gasteiger partial charge < -0.3 is 20.1 Å². The Bertz CT molecular complexity index is 784. The van der Waals surface area contributed by atoms with Gasteiger partial charge in [0.25, 0.3) is 18.3 Å². The largest absolute Gasteiger partial charge is 0.483 e. The minimum atomic E-state index is -0.361. The van der Waals surface area contributed by atoms with E-state index in [2.05, 4.69) is 30.7 Å². The second-order valence-corrected chi connectivity index (χ2v) is 6.00. The number of carbonyl (C=O) groups is 3. The molecule has 0 aromatic carbocycles. The molecule has 13 nitrogen and oxygen atoms in total. The number of carboxylic acid groups (broad SMARTS) is 1. The topological polar surface area (TPSA) is 168 Å². The Morgan fingerprint density at radius 1 is 1.30 bits per heavy atom. The maximum absolute atomic E-state index is 12.5. The Morgan fingerprint density at radius 2 is 1.96 bits per heavy atom. The molecule has 13 heteroatoms. The predicted octanol–water partition coefficient (Wildman–Crippen LogP) is -1.79. The summed E-state index contributed by atoms with van der Waals surface area (Å²) in [6.07, 6.45) is 4.25. The predicted molar refractivity (Wildman–Crippen MR) is 86.8 cm³/mol. The van der Waals surface area contributed by atoms with Crippen LogP contribution in [0.25, 0.3) is 5.95 Å². The van der Waals surface area contributed by atoms with Crippen LogP contribution in [0.4, 0.5) is 0 Å². The normalized spacial score (nSPS) is 18.4. The Hall–Kier alpha value is -3.35. The van der Waals surface area contributed by atoms with Gasteiger partial charge in [-0.05, 0) is 12.8 Å². The van der Waals surface area contributed by atoms with Gasteiger partial charge in [-0.3, -0.25) is 24.0 Å². The molecule has 4 rings (SSSR count). The van der Waals surface area contributed by atoms with Gasteiger partial charge in [-0.1, -0.05) is 0 Å². The van der Waals surface area contributed by atoms with Gasteiger partial charge in [-0.25, -0.2) is 0 Å². The third kappa shape index (κ3) is 4.08. The van der Waals surface area contributed by atoms with Crippen molar-refractivity contribution in [2.75, 3.05) is 26.2 Å². The van der Waals surface area contributed by atoms with Gasteiger partial charge in [0, 0.05) is 19.6 Å². The van der Waals surface area contributed by atoms with E-state index >= 15 is 0 Å². The van der Waals surface area contributed by atoms with Crippen LogP contribution in [-0.4, -0.2) is 90.1 Å². The molecule has 1 spiro atoms. The highest BCUT2D eigenvalue weighted by Crippen LogP contribution is 2.28. The molecular weight excluding hydrogens is 360 g/mol. The number of aromatic amines is 1. The van der Waals surface area contributed by atoms with Gasteiger partial charge in [0.2, 0.25) is 11.7 Å². The molecule has 2 fully saturated rings. The van der Waals surface area contributed by atoms with Crippen LogP contribution in [-0.2, 0) is 14.3 Å². The van der Waals surface area contributed by atoms with Crippen LogP contribution >= 0.6 is 0 Å². The lowest BCUT2D eigenvalue weighted by molar-refractivity contribution is -0.149. The number of aromatic nitrogens is 6. The van der Waals surface area contributed by atoms with Crippen LogP contribution in [0.2, 0.25) is 0 Å². The van der Waals surface area contributed by atoms with E-state index in [0.29, 0.717) is 38.4 Å². The minimum absolute atomic E-state index is 0.0817. The molecule has 0 atom stereocenters. The summed E-state index contributed by atoms with van der Waals surface area (Å²) in [7, 11) is 0. The van der Waals surface area contributed by atoms with Gasteiger partial charge in [0.15, 0.2) is 0 Å². The molecule has 0 saturated carbocycles. The molecule has 0 aliphatic carbocycles.